The molecule has 4 atom stereocenters. The van der Waals surface area contributed by atoms with Crippen LogP contribution in [0, 0.1) is 17.3 Å². The second-order valence-electron chi connectivity index (χ2n) is 18.7. The summed E-state index contributed by atoms with van der Waals surface area (Å²) in [5.41, 5.74) is 0.0864. The average Bonchev–Trinajstić information content (AvgIpc) is 2.93. The van der Waals surface area contributed by atoms with Crippen LogP contribution in [0.1, 0.15) is 81.2 Å². The Bertz CT molecular complexity index is 1160. The molecule has 48 heavy (non-hydrogen) atoms. The summed E-state index contributed by atoms with van der Waals surface area (Å²) in [5, 5.41) is -0.137. The van der Waals surface area contributed by atoms with Crippen molar-refractivity contribution in [2.24, 2.45) is 17.3 Å². The molecule has 0 bridgehead atoms. The highest BCUT2D eigenvalue weighted by Gasteiger charge is 2.50. The van der Waals surface area contributed by atoms with E-state index in [0.29, 0.717) is 19.8 Å². The van der Waals surface area contributed by atoms with E-state index < -0.39 is 42.1 Å². The molecule has 1 aromatic rings. The van der Waals surface area contributed by atoms with E-state index in [1.54, 1.807) is 7.11 Å². The second kappa shape index (κ2) is 17.3. The maximum Gasteiger partial charge on any atom is 0.308 e. The Hall–Kier alpha value is -1.31. The fourth-order valence-corrected chi connectivity index (χ4v) is 8.59. The van der Waals surface area contributed by atoms with E-state index in [4.69, 9.17) is 23.1 Å². The summed E-state index contributed by atoms with van der Waals surface area (Å²) >= 11 is 0. The molecule has 7 nitrogen and oxygen atoms in total. The number of ether oxygens (including phenoxy) is 3. The molecule has 1 rings (SSSR count). The number of methoxy groups -OCH3 is 1. The van der Waals surface area contributed by atoms with Crippen LogP contribution in [0.3, 0.4) is 0 Å². The maximum atomic E-state index is 14.8. The van der Waals surface area contributed by atoms with E-state index in [2.05, 4.69) is 94.3 Å². The van der Waals surface area contributed by atoms with Crippen LogP contribution in [0.15, 0.2) is 24.3 Å². The average molecular weight is 725 g/mol. The van der Waals surface area contributed by atoms with Crippen molar-refractivity contribution in [1.82, 2.24) is 0 Å². The number of ketones is 1. The molecule has 278 valence electrons. The summed E-state index contributed by atoms with van der Waals surface area (Å²) in [6, 6.07) is 8.76. The zero-order chi connectivity index (χ0) is 37.5. The van der Waals surface area contributed by atoms with Crippen molar-refractivity contribution in [2.45, 2.75) is 156 Å². The Morgan fingerprint density at radius 1 is 0.771 bits per heavy atom. The van der Waals surface area contributed by atoms with Gasteiger partial charge in [0.15, 0.2) is 16.6 Å². The van der Waals surface area contributed by atoms with Crippen LogP contribution in [-0.4, -0.2) is 69.0 Å². The third-order valence-electron chi connectivity index (χ3n) is 10.7. The predicted molar refractivity (Wildman–Crippen MR) is 208 cm³/mol. The Morgan fingerprint density at radius 2 is 1.27 bits per heavy atom. The Morgan fingerprint density at radius 3 is 1.73 bits per heavy atom. The number of hydrogen-bond donors (Lipinski definition) is 0. The molecule has 0 N–H and O–H groups in total. The fourth-order valence-electron chi connectivity index (χ4n) is 4.96. The topological polar surface area (TPSA) is 80.3 Å². The number of hydrogen-bond acceptors (Lipinski definition) is 7. The number of rotatable bonds is 19. The molecule has 0 aliphatic rings. The summed E-state index contributed by atoms with van der Waals surface area (Å²) < 4.78 is 31.3. The van der Waals surface area contributed by atoms with Gasteiger partial charge in [0.05, 0.1) is 45.6 Å². The minimum absolute atomic E-state index is 0.0341. The minimum atomic E-state index is -2.36. The van der Waals surface area contributed by atoms with Crippen LogP contribution in [0.2, 0.25) is 61.9 Å². The molecule has 1 aromatic carbocycles. The normalized spacial score (nSPS) is 16.2. The van der Waals surface area contributed by atoms with Gasteiger partial charge in [-0.2, -0.15) is 0 Å². The van der Waals surface area contributed by atoms with Crippen LogP contribution >= 0.6 is 0 Å². The summed E-state index contributed by atoms with van der Waals surface area (Å²) in [4.78, 5) is 28.1. The van der Waals surface area contributed by atoms with E-state index in [9.17, 15) is 9.59 Å². The molecule has 0 aliphatic heterocycles. The van der Waals surface area contributed by atoms with E-state index in [1.165, 1.54) is 0 Å². The van der Waals surface area contributed by atoms with E-state index in [1.807, 2.05) is 45.0 Å². The van der Waals surface area contributed by atoms with Crippen LogP contribution in [0.25, 0.3) is 0 Å². The van der Waals surface area contributed by atoms with Gasteiger partial charge >= 0.3 is 5.97 Å². The molecule has 10 heteroatoms. The highest BCUT2D eigenvalue weighted by atomic mass is 28.4. The molecule has 0 spiro atoms. The SMILES string of the molecule is COc1ccc(COC[C@H](C)[C@H](O[Si](C)(C)C(C)(C)C)[C@@H](C)C(=O)C(C)(C)[C@H](CC(=O)OCC[Si](C)(C)C)O[Si](C)(C)C(C)(C)C)cc1. The van der Waals surface area contributed by atoms with Crippen molar-refractivity contribution in [3.63, 3.8) is 0 Å². The van der Waals surface area contributed by atoms with Gasteiger partial charge in [0.2, 0.25) is 0 Å². The lowest BCUT2D eigenvalue weighted by molar-refractivity contribution is -0.150. The first-order chi connectivity index (χ1) is 21.6. The van der Waals surface area contributed by atoms with Crippen LogP contribution in [0.5, 0.6) is 5.75 Å². The summed E-state index contributed by atoms with van der Waals surface area (Å²) in [6.45, 7) is 38.1. The van der Waals surface area contributed by atoms with E-state index in [0.717, 1.165) is 17.4 Å². The molecule has 0 unspecified atom stereocenters. The number of Topliss-reactive ketones (excluding diaryl/α,β-unsaturated/α-hetero) is 1. The molecule has 0 aromatic heterocycles. The lowest BCUT2D eigenvalue weighted by Gasteiger charge is -2.46. The quantitative estimate of drug-likeness (QED) is 0.104. The van der Waals surface area contributed by atoms with Gasteiger partial charge < -0.3 is 23.1 Å². The zero-order valence-electron chi connectivity index (χ0n) is 34.0. The molecule has 0 aliphatic carbocycles. The summed E-state index contributed by atoms with van der Waals surface area (Å²) in [5.74, 6) is 0.0211. The van der Waals surface area contributed by atoms with Gasteiger partial charge in [0.25, 0.3) is 0 Å². The predicted octanol–water partition coefficient (Wildman–Crippen LogP) is 10.1. The molecular weight excluding hydrogens is 653 g/mol. The van der Waals surface area contributed by atoms with Gasteiger partial charge in [-0.1, -0.05) is 101 Å². The second-order valence-corrected chi connectivity index (χ2v) is 33.8. The van der Waals surface area contributed by atoms with Crippen molar-refractivity contribution in [3.8, 4) is 5.75 Å². The van der Waals surface area contributed by atoms with Crippen molar-refractivity contribution < 1.29 is 32.7 Å². The highest BCUT2D eigenvalue weighted by Crippen LogP contribution is 2.44. The van der Waals surface area contributed by atoms with Crippen LogP contribution in [-0.2, 0) is 34.5 Å². The Balaban J connectivity index is 3.40. The standard InChI is InChI=1S/C38H72O7Si3/c1-28(26-42-27-30-19-21-31(41-11)22-20-30)34(45-48(17,18)37(6,7)8)29(2)35(40)38(9,10)32(44-47(15,16)36(3,4)5)25-33(39)43-23-24-46(12,13)14/h19-22,28-29,32,34H,23-27H2,1-18H3/t28-,29+,32-,34-/m0/s1. The first-order valence-electron chi connectivity index (χ1n) is 17.8. The van der Waals surface area contributed by atoms with Crippen molar-refractivity contribution in [3.05, 3.63) is 29.8 Å². The molecule has 0 amide bonds. The molecular formula is C38H72O7Si3. The molecule has 0 fully saturated rings. The minimum Gasteiger partial charge on any atom is -0.497 e. The van der Waals surface area contributed by atoms with Gasteiger partial charge in [-0.3, -0.25) is 9.59 Å². The number of carbonyl (C=O) groups is 2. The smallest absolute Gasteiger partial charge is 0.308 e. The first-order valence-corrected chi connectivity index (χ1v) is 27.3. The lowest BCUT2D eigenvalue weighted by atomic mass is 9.73. The van der Waals surface area contributed by atoms with Gasteiger partial charge in [-0.25, -0.2) is 0 Å². The highest BCUT2D eigenvalue weighted by molar-refractivity contribution is 6.76. The third kappa shape index (κ3) is 13.4. The monoisotopic (exact) mass is 724 g/mol. The maximum absolute atomic E-state index is 14.8. The molecule has 0 radical (unpaired) electrons. The zero-order valence-corrected chi connectivity index (χ0v) is 37.0. The number of carbonyl (C=O) groups excluding carboxylic acids is 2. The van der Waals surface area contributed by atoms with Gasteiger partial charge in [-0.05, 0) is 60.0 Å². The van der Waals surface area contributed by atoms with Crippen molar-refractivity contribution >= 4 is 36.5 Å². The molecule has 0 saturated heterocycles. The Labute approximate surface area is 297 Å². The molecule has 0 saturated carbocycles. The Kier molecular flexibility index (Phi) is 16.1. The largest absolute Gasteiger partial charge is 0.497 e. The van der Waals surface area contributed by atoms with Gasteiger partial charge in [0.1, 0.15) is 11.5 Å². The fraction of sp³-hybridized carbons (Fsp3) is 0.789. The lowest BCUT2D eigenvalue weighted by Crippen LogP contribution is -2.54. The van der Waals surface area contributed by atoms with Crippen molar-refractivity contribution in [2.75, 3.05) is 20.3 Å². The summed E-state index contributed by atoms with van der Waals surface area (Å²) in [7, 11) is -4.35. The number of esters is 1. The van der Waals surface area contributed by atoms with Crippen molar-refractivity contribution in [1.29, 1.82) is 0 Å². The van der Waals surface area contributed by atoms with Gasteiger partial charge in [0, 0.05) is 25.3 Å². The van der Waals surface area contributed by atoms with Crippen LogP contribution < -0.4 is 4.74 Å². The summed E-state index contributed by atoms with van der Waals surface area (Å²) in [6.07, 6.45) is -0.952. The van der Waals surface area contributed by atoms with E-state index >= 15 is 0 Å². The first kappa shape index (κ1) is 44.7. The van der Waals surface area contributed by atoms with Gasteiger partial charge in [-0.15, -0.1) is 0 Å². The molecule has 0 heterocycles. The van der Waals surface area contributed by atoms with Crippen LogP contribution in [0.4, 0.5) is 0 Å². The van der Waals surface area contributed by atoms with E-state index in [-0.39, 0.29) is 40.3 Å². The third-order valence-corrected chi connectivity index (χ3v) is 21.3. The number of benzene rings is 1.